The van der Waals surface area contributed by atoms with E-state index in [0.717, 1.165) is 16.7 Å². The highest BCUT2D eigenvalue weighted by molar-refractivity contribution is 9.10. The third kappa shape index (κ3) is 2.62. The molecule has 0 spiro atoms. The van der Waals surface area contributed by atoms with Crippen LogP contribution in [0.5, 0.6) is 0 Å². The molecular weight excluding hydrogens is 323 g/mol. The summed E-state index contributed by atoms with van der Waals surface area (Å²) in [4.78, 5) is 8.46. The van der Waals surface area contributed by atoms with E-state index in [2.05, 4.69) is 25.9 Å². The van der Waals surface area contributed by atoms with Gasteiger partial charge in [-0.3, -0.25) is 0 Å². The van der Waals surface area contributed by atoms with E-state index < -0.39 is 0 Å². The number of benzene rings is 1. The summed E-state index contributed by atoms with van der Waals surface area (Å²) < 4.78 is 0.523. The Kier molecular flexibility index (Phi) is 3.71. The van der Waals surface area contributed by atoms with Gasteiger partial charge in [0, 0.05) is 5.56 Å². The van der Waals surface area contributed by atoms with Gasteiger partial charge >= 0.3 is 0 Å². The smallest absolute Gasteiger partial charge is 0.162 e. The van der Waals surface area contributed by atoms with Gasteiger partial charge in [-0.2, -0.15) is 0 Å². The van der Waals surface area contributed by atoms with Crippen molar-refractivity contribution in [3.8, 4) is 11.4 Å². The average molecular weight is 332 g/mol. The first kappa shape index (κ1) is 12.8. The second-order valence-corrected chi connectivity index (χ2v) is 5.27. The molecule has 1 aromatic heterocycles. The van der Waals surface area contributed by atoms with Gasteiger partial charge in [-0.05, 0) is 41.4 Å². The van der Waals surface area contributed by atoms with Crippen LogP contribution in [0.15, 0.2) is 22.7 Å². The van der Waals surface area contributed by atoms with Crippen LogP contribution in [0.2, 0.25) is 10.3 Å². The van der Waals surface area contributed by atoms with Crippen LogP contribution in [-0.2, 0) is 0 Å². The van der Waals surface area contributed by atoms with E-state index in [0.29, 0.717) is 20.6 Å². The van der Waals surface area contributed by atoms with Gasteiger partial charge in [0.2, 0.25) is 0 Å². The maximum atomic E-state index is 5.98. The first-order valence-electron chi connectivity index (χ1n) is 4.95. The molecule has 0 N–H and O–H groups in total. The van der Waals surface area contributed by atoms with Crippen LogP contribution in [0, 0.1) is 13.8 Å². The van der Waals surface area contributed by atoms with Crippen molar-refractivity contribution in [2.24, 2.45) is 0 Å². The summed E-state index contributed by atoms with van der Waals surface area (Å²) in [6.45, 7) is 4.02. The molecule has 0 atom stereocenters. The molecule has 0 saturated heterocycles. The fourth-order valence-electron chi connectivity index (χ4n) is 1.49. The highest BCUT2D eigenvalue weighted by Crippen LogP contribution is 2.31. The van der Waals surface area contributed by atoms with E-state index in [1.807, 2.05) is 32.0 Å². The van der Waals surface area contributed by atoms with Gasteiger partial charge in [-0.1, -0.05) is 40.9 Å². The zero-order valence-corrected chi connectivity index (χ0v) is 12.4. The van der Waals surface area contributed by atoms with Crippen LogP contribution < -0.4 is 0 Å². The summed E-state index contributed by atoms with van der Waals surface area (Å²) in [5, 5.41) is 0.641. The van der Waals surface area contributed by atoms with Gasteiger partial charge in [0.1, 0.15) is 10.3 Å². The molecule has 0 fully saturated rings. The van der Waals surface area contributed by atoms with Crippen molar-refractivity contribution < 1.29 is 0 Å². The molecule has 1 aromatic carbocycles. The maximum absolute atomic E-state index is 5.98. The minimum absolute atomic E-state index is 0.320. The number of aromatic nitrogens is 2. The molecule has 0 aliphatic heterocycles. The van der Waals surface area contributed by atoms with Crippen molar-refractivity contribution in [3.63, 3.8) is 0 Å². The Labute approximate surface area is 118 Å². The third-order valence-corrected chi connectivity index (χ3v) is 4.16. The molecule has 2 aromatic rings. The lowest BCUT2D eigenvalue weighted by molar-refractivity contribution is 1.15. The lowest BCUT2D eigenvalue weighted by atomic mass is 10.1. The Morgan fingerprint density at radius 3 is 2.24 bits per heavy atom. The lowest BCUT2D eigenvalue weighted by Gasteiger charge is -2.07. The normalized spacial score (nSPS) is 10.6. The molecule has 0 unspecified atom stereocenters. The topological polar surface area (TPSA) is 25.8 Å². The molecule has 2 nitrogen and oxygen atoms in total. The zero-order chi connectivity index (χ0) is 12.6. The number of halogens is 3. The maximum Gasteiger partial charge on any atom is 0.162 e. The van der Waals surface area contributed by atoms with Crippen LogP contribution in [0.25, 0.3) is 11.4 Å². The SMILES string of the molecule is Cc1ccc(C)c(-c2nc(Cl)c(Br)c(Cl)n2)c1. The molecule has 0 aliphatic rings. The van der Waals surface area contributed by atoms with Crippen LogP contribution in [0.3, 0.4) is 0 Å². The average Bonchev–Trinajstić information content (AvgIpc) is 2.28. The zero-order valence-electron chi connectivity index (χ0n) is 9.26. The van der Waals surface area contributed by atoms with Crippen LogP contribution in [0.4, 0.5) is 0 Å². The predicted molar refractivity (Wildman–Crippen MR) is 74.7 cm³/mol. The molecule has 0 amide bonds. The summed E-state index contributed by atoms with van der Waals surface area (Å²) >= 11 is 15.2. The highest BCUT2D eigenvalue weighted by atomic mass is 79.9. The van der Waals surface area contributed by atoms with Gasteiger partial charge in [0.15, 0.2) is 5.82 Å². The Morgan fingerprint density at radius 1 is 1.06 bits per heavy atom. The number of nitrogens with zero attached hydrogens (tertiary/aromatic N) is 2. The Morgan fingerprint density at radius 2 is 1.65 bits per heavy atom. The van der Waals surface area contributed by atoms with Gasteiger partial charge in [-0.25, -0.2) is 9.97 Å². The van der Waals surface area contributed by atoms with E-state index in [1.54, 1.807) is 0 Å². The predicted octanol–water partition coefficient (Wildman–Crippen LogP) is 4.83. The summed E-state index contributed by atoms with van der Waals surface area (Å²) in [7, 11) is 0. The molecule has 5 heteroatoms. The number of rotatable bonds is 1. The van der Waals surface area contributed by atoms with Crippen molar-refractivity contribution in [2.45, 2.75) is 13.8 Å². The number of aryl methyl sites for hydroxylation is 2. The molecular formula is C12H9BrCl2N2. The fraction of sp³-hybridized carbons (Fsp3) is 0.167. The van der Waals surface area contributed by atoms with Gasteiger partial charge in [0.05, 0.1) is 4.47 Å². The molecule has 0 aliphatic carbocycles. The third-order valence-electron chi connectivity index (χ3n) is 2.40. The molecule has 1 heterocycles. The van der Waals surface area contributed by atoms with E-state index in [4.69, 9.17) is 23.2 Å². The summed E-state index contributed by atoms with van der Waals surface area (Å²) in [5.41, 5.74) is 3.18. The largest absolute Gasteiger partial charge is 0.215 e. The van der Waals surface area contributed by atoms with Crippen LogP contribution in [-0.4, -0.2) is 9.97 Å². The molecule has 0 bridgehead atoms. The van der Waals surface area contributed by atoms with E-state index in [1.165, 1.54) is 0 Å². The Balaban J connectivity index is 2.64. The molecule has 88 valence electrons. The first-order valence-corrected chi connectivity index (χ1v) is 6.50. The standard InChI is InChI=1S/C12H9BrCl2N2/c1-6-3-4-7(2)8(5-6)12-16-10(14)9(13)11(15)17-12/h3-5H,1-2H3. The van der Waals surface area contributed by atoms with Gasteiger partial charge in [-0.15, -0.1) is 0 Å². The second kappa shape index (κ2) is 4.92. The summed E-state index contributed by atoms with van der Waals surface area (Å²) in [5.74, 6) is 0.546. The van der Waals surface area contributed by atoms with E-state index in [9.17, 15) is 0 Å². The van der Waals surface area contributed by atoms with Crippen molar-refractivity contribution in [2.75, 3.05) is 0 Å². The van der Waals surface area contributed by atoms with Crippen LogP contribution >= 0.6 is 39.1 Å². The van der Waals surface area contributed by atoms with Crippen molar-refractivity contribution >= 4 is 39.1 Å². The first-order chi connectivity index (χ1) is 7.99. The molecule has 0 saturated carbocycles. The lowest BCUT2D eigenvalue weighted by Crippen LogP contribution is -1.94. The number of hydrogen-bond donors (Lipinski definition) is 0. The molecule has 2 rings (SSSR count). The van der Waals surface area contributed by atoms with Crippen molar-refractivity contribution in [1.82, 2.24) is 9.97 Å². The van der Waals surface area contributed by atoms with Crippen molar-refractivity contribution in [3.05, 3.63) is 44.1 Å². The molecule has 0 radical (unpaired) electrons. The van der Waals surface area contributed by atoms with E-state index in [-0.39, 0.29) is 0 Å². The number of hydrogen-bond acceptors (Lipinski definition) is 2. The van der Waals surface area contributed by atoms with Crippen LogP contribution in [0.1, 0.15) is 11.1 Å². The summed E-state index contributed by atoms with van der Waals surface area (Å²) in [6, 6.07) is 6.09. The summed E-state index contributed by atoms with van der Waals surface area (Å²) in [6.07, 6.45) is 0. The monoisotopic (exact) mass is 330 g/mol. The Hall–Kier alpha value is -0.640. The second-order valence-electron chi connectivity index (χ2n) is 3.76. The minimum Gasteiger partial charge on any atom is -0.215 e. The highest BCUT2D eigenvalue weighted by Gasteiger charge is 2.12. The van der Waals surface area contributed by atoms with Gasteiger partial charge in [0.25, 0.3) is 0 Å². The molecule has 17 heavy (non-hydrogen) atoms. The fourth-order valence-corrected chi connectivity index (χ4v) is 2.06. The van der Waals surface area contributed by atoms with E-state index >= 15 is 0 Å². The Bertz CT molecular complexity index is 562. The van der Waals surface area contributed by atoms with Gasteiger partial charge < -0.3 is 0 Å². The minimum atomic E-state index is 0.320. The van der Waals surface area contributed by atoms with Crippen molar-refractivity contribution in [1.29, 1.82) is 0 Å². The quantitative estimate of drug-likeness (QED) is 0.699.